The Balaban J connectivity index is 1.57. The van der Waals surface area contributed by atoms with Crippen LogP contribution in [0.25, 0.3) is 0 Å². The van der Waals surface area contributed by atoms with Gasteiger partial charge in [-0.05, 0) is 44.5 Å². The molecule has 29 heavy (non-hydrogen) atoms. The van der Waals surface area contributed by atoms with Gasteiger partial charge in [0.15, 0.2) is 0 Å². The van der Waals surface area contributed by atoms with E-state index in [4.69, 9.17) is 9.47 Å². The number of anilines is 1. The lowest BCUT2D eigenvalue weighted by molar-refractivity contribution is -0.123. The van der Waals surface area contributed by atoms with Crippen LogP contribution in [0.15, 0.2) is 36.5 Å². The summed E-state index contributed by atoms with van der Waals surface area (Å²) in [4.78, 5) is 33.3. The highest BCUT2D eigenvalue weighted by atomic mass is 16.5. The van der Waals surface area contributed by atoms with Gasteiger partial charge in [-0.15, -0.1) is 0 Å². The van der Waals surface area contributed by atoms with Crippen LogP contribution in [0, 0.1) is 6.92 Å². The molecule has 0 bridgehead atoms. The number of benzene rings is 1. The van der Waals surface area contributed by atoms with Crippen molar-refractivity contribution in [3.63, 3.8) is 0 Å². The Bertz CT molecular complexity index is 953. The number of rotatable bonds is 4. The summed E-state index contributed by atoms with van der Waals surface area (Å²) in [5.74, 6) is 1.33. The summed E-state index contributed by atoms with van der Waals surface area (Å²) in [6.07, 6.45) is 2.72. The Labute approximate surface area is 169 Å². The number of hydrogen-bond acceptors (Lipinski definition) is 6. The van der Waals surface area contributed by atoms with Gasteiger partial charge in [0.05, 0.1) is 12.8 Å². The van der Waals surface area contributed by atoms with Gasteiger partial charge < -0.3 is 19.7 Å². The highest BCUT2D eigenvalue weighted by molar-refractivity contribution is 6.23. The fraction of sp³-hybridized carbons (Fsp3) is 0.381. The van der Waals surface area contributed by atoms with E-state index in [9.17, 15) is 9.59 Å². The van der Waals surface area contributed by atoms with Crippen molar-refractivity contribution in [1.29, 1.82) is 0 Å². The van der Waals surface area contributed by atoms with E-state index in [0.29, 0.717) is 35.9 Å². The average molecular weight is 396 g/mol. The molecule has 2 aliphatic rings. The molecule has 1 aromatic carbocycles. The van der Waals surface area contributed by atoms with Crippen LogP contribution < -0.4 is 19.7 Å². The first-order valence-electron chi connectivity index (χ1n) is 9.56. The lowest BCUT2D eigenvalue weighted by atomic mass is 9.87. The zero-order valence-corrected chi connectivity index (χ0v) is 16.8. The molecule has 0 unspecified atom stereocenters. The minimum atomic E-state index is -0.821. The van der Waals surface area contributed by atoms with E-state index in [1.807, 2.05) is 26.1 Å². The fourth-order valence-corrected chi connectivity index (χ4v) is 3.77. The number of nitrogens with zero attached hydrogens (tertiary/aromatic N) is 3. The quantitative estimate of drug-likeness (QED) is 0.800. The van der Waals surface area contributed by atoms with Gasteiger partial charge in [0.25, 0.3) is 5.91 Å². The first-order valence-corrected chi connectivity index (χ1v) is 9.56. The molecule has 0 radical (unpaired) electrons. The van der Waals surface area contributed by atoms with E-state index in [1.54, 1.807) is 25.3 Å². The second kappa shape index (κ2) is 7.36. The molecule has 4 rings (SSSR count). The number of urea groups is 1. The lowest BCUT2D eigenvalue weighted by Gasteiger charge is -2.35. The molecule has 0 atom stereocenters. The van der Waals surface area contributed by atoms with Crippen molar-refractivity contribution in [3.05, 3.63) is 42.1 Å². The van der Waals surface area contributed by atoms with Crippen LogP contribution in [0.5, 0.6) is 17.4 Å². The van der Waals surface area contributed by atoms with Gasteiger partial charge in [0, 0.05) is 31.4 Å². The van der Waals surface area contributed by atoms with Crippen LogP contribution in [0.1, 0.15) is 18.4 Å². The number of aromatic nitrogens is 1. The highest BCUT2D eigenvalue weighted by Gasteiger charge is 2.52. The summed E-state index contributed by atoms with van der Waals surface area (Å²) in [5, 5.41) is 2.91. The molecule has 1 N–H and O–H groups in total. The number of pyridine rings is 1. The summed E-state index contributed by atoms with van der Waals surface area (Å²) in [6.45, 7) is 3.47. The maximum Gasteiger partial charge on any atom is 0.329 e. The number of carbonyl (C=O) groups excluding carboxylic acids is 2. The van der Waals surface area contributed by atoms with Gasteiger partial charge in [-0.25, -0.2) is 14.7 Å². The Morgan fingerprint density at radius 1 is 1.14 bits per heavy atom. The number of hydrogen-bond donors (Lipinski definition) is 1. The molecule has 2 aliphatic heterocycles. The third-order valence-corrected chi connectivity index (χ3v) is 5.58. The molecule has 0 aliphatic carbocycles. The van der Waals surface area contributed by atoms with E-state index >= 15 is 0 Å². The average Bonchev–Trinajstić information content (AvgIpc) is 2.95. The van der Waals surface area contributed by atoms with Gasteiger partial charge >= 0.3 is 6.03 Å². The third-order valence-electron chi connectivity index (χ3n) is 5.58. The van der Waals surface area contributed by atoms with Gasteiger partial charge in [-0.1, -0.05) is 6.07 Å². The number of nitrogens with one attached hydrogen (secondary N) is 1. The van der Waals surface area contributed by atoms with E-state index < -0.39 is 11.6 Å². The molecule has 2 aromatic rings. The molecule has 3 heterocycles. The fourth-order valence-electron chi connectivity index (χ4n) is 3.77. The van der Waals surface area contributed by atoms with Crippen molar-refractivity contribution >= 4 is 17.6 Å². The van der Waals surface area contributed by atoms with Gasteiger partial charge in [-0.2, -0.15) is 0 Å². The molecule has 152 valence electrons. The van der Waals surface area contributed by atoms with Crippen molar-refractivity contribution < 1.29 is 19.1 Å². The van der Waals surface area contributed by atoms with Crippen molar-refractivity contribution in [3.8, 4) is 17.4 Å². The van der Waals surface area contributed by atoms with Crippen molar-refractivity contribution in [2.75, 3.05) is 32.1 Å². The minimum Gasteiger partial charge on any atom is -0.496 e. The zero-order valence-electron chi connectivity index (χ0n) is 16.8. The van der Waals surface area contributed by atoms with Crippen molar-refractivity contribution in [1.82, 2.24) is 15.2 Å². The number of likely N-dealkylation sites (tertiary alicyclic amines) is 1. The topological polar surface area (TPSA) is 84.0 Å². The van der Waals surface area contributed by atoms with Gasteiger partial charge in [0.1, 0.15) is 17.0 Å². The molecular weight excluding hydrogens is 372 g/mol. The normalized spacial score (nSPS) is 18.8. The number of methoxy groups -OCH3 is 1. The lowest BCUT2D eigenvalue weighted by Crippen LogP contribution is -2.54. The molecule has 8 nitrogen and oxygen atoms in total. The van der Waals surface area contributed by atoms with Crippen molar-refractivity contribution in [2.24, 2.45) is 0 Å². The summed E-state index contributed by atoms with van der Waals surface area (Å²) < 4.78 is 11.1. The number of aryl methyl sites for hydroxylation is 1. The Morgan fingerprint density at radius 3 is 2.62 bits per heavy atom. The standard InChI is InChI=1S/C21H24N4O4/c1-14-4-5-16(13-17(14)28-3)29-18-12-15(6-9-22-18)25-19(26)21(23-20(25)27)7-10-24(2)11-8-21/h4-6,9,12-13H,7-8,10-11H2,1-3H3,(H,23,27). The van der Waals surface area contributed by atoms with Crippen LogP contribution in [0.2, 0.25) is 0 Å². The van der Waals surface area contributed by atoms with E-state index in [-0.39, 0.29) is 5.91 Å². The first-order chi connectivity index (χ1) is 13.9. The van der Waals surface area contributed by atoms with Crippen LogP contribution in [-0.2, 0) is 4.79 Å². The summed E-state index contributed by atoms with van der Waals surface area (Å²) in [6, 6.07) is 8.29. The maximum absolute atomic E-state index is 13.1. The number of amides is 3. The SMILES string of the molecule is COc1cc(Oc2cc(N3C(=O)NC4(CCN(C)CC4)C3=O)ccn2)ccc1C. The summed E-state index contributed by atoms with van der Waals surface area (Å²) >= 11 is 0. The Hall–Kier alpha value is -3.13. The largest absolute Gasteiger partial charge is 0.496 e. The molecule has 1 aromatic heterocycles. The smallest absolute Gasteiger partial charge is 0.329 e. The molecular formula is C21H24N4O4. The molecule has 8 heteroatoms. The van der Waals surface area contributed by atoms with Crippen LogP contribution in [-0.4, -0.2) is 54.6 Å². The van der Waals surface area contributed by atoms with E-state index in [1.165, 1.54) is 11.1 Å². The first kappa shape index (κ1) is 19.2. The Kier molecular flexibility index (Phi) is 4.87. The second-order valence-electron chi connectivity index (χ2n) is 7.54. The van der Waals surface area contributed by atoms with E-state index in [0.717, 1.165) is 18.7 Å². The van der Waals surface area contributed by atoms with Crippen LogP contribution >= 0.6 is 0 Å². The summed E-state index contributed by atoms with van der Waals surface area (Å²) in [5.41, 5.74) is 0.606. The number of imide groups is 1. The predicted molar refractivity (Wildman–Crippen MR) is 108 cm³/mol. The third kappa shape index (κ3) is 3.51. The second-order valence-corrected chi connectivity index (χ2v) is 7.54. The minimum absolute atomic E-state index is 0.218. The molecule has 1 spiro atoms. The maximum atomic E-state index is 13.1. The zero-order chi connectivity index (χ0) is 20.6. The number of carbonyl (C=O) groups is 2. The molecule has 3 amide bonds. The molecule has 0 saturated carbocycles. The van der Waals surface area contributed by atoms with Crippen molar-refractivity contribution in [2.45, 2.75) is 25.3 Å². The van der Waals surface area contributed by atoms with Gasteiger partial charge in [0.2, 0.25) is 5.88 Å². The Morgan fingerprint density at radius 2 is 1.90 bits per heavy atom. The van der Waals surface area contributed by atoms with Crippen LogP contribution in [0.3, 0.4) is 0 Å². The van der Waals surface area contributed by atoms with E-state index in [2.05, 4.69) is 15.2 Å². The highest BCUT2D eigenvalue weighted by Crippen LogP contribution is 2.34. The molecule has 2 saturated heterocycles. The summed E-state index contributed by atoms with van der Waals surface area (Å²) in [7, 11) is 3.61. The predicted octanol–water partition coefficient (Wildman–Crippen LogP) is 2.71. The number of piperidine rings is 1. The van der Waals surface area contributed by atoms with Gasteiger partial charge in [-0.3, -0.25) is 4.79 Å². The molecule has 2 fully saturated rings. The van der Waals surface area contributed by atoms with Crippen LogP contribution in [0.4, 0.5) is 10.5 Å². The monoisotopic (exact) mass is 396 g/mol. The number of ether oxygens (including phenoxy) is 2.